The van der Waals surface area contributed by atoms with Gasteiger partial charge in [0.15, 0.2) is 5.78 Å². The van der Waals surface area contributed by atoms with Crippen molar-refractivity contribution in [2.24, 2.45) is 0 Å². The Morgan fingerprint density at radius 1 is 1.11 bits per heavy atom. The predicted octanol–water partition coefficient (Wildman–Crippen LogP) is 4.45. The first-order valence-electron chi connectivity index (χ1n) is 8.92. The van der Waals surface area contributed by atoms with Crippen molar-refractivity contribution in [1.82, 2.24) is 15.0 Å². The van der Waals surface area contributed by atoms with E-state index < -0.39 is 0 Å². The highest BCUT2D eigenvalue weighted by Crippen LogP contribution is 2.30. The Morgan fingerprint density at radius 3 is 2.59 bits per heavy atom. The average Bonchev–Trinajstić information content (AvgIpc) is 3.25. The number of aromatic amines is 1. The summed E-state index contributed by atoms with van der Waals surface area (Å²) in [5.74, 6) is 0.849. The van der Waals surface area contributed by atoms with E-state index in [1.807, 2.05) is 79.5 Å². The zero-order valence-corrected chi connectivity index (χ0v) is 15.4. The van der Waals surface area contributed by atoms with Gasteiger partial charge >= 0.3 is 0 Å². The summed E-state index contributed by atoms with van der Waals surface area (Å²) in [4.78, 5) is 18.6. The van der Waals surface area contributed by atoms with Crippen LogP contribution in [-0.2, 0) is 6.54 Å². The Bertz CT molecular complexity index is 1080. The Kier molecular flexibility index (Phi) is 4.60. The SMILES string of the molecule is Cc1cc(CN(C)CC(=O)c2c(-c3ccccc3)[nH]c3ccccc23)no1. The van der Waals surface area contributed by atoms with Gasteiger partial charge in [0.05, 0.1) is 23.5 Å². The van der Waals surface area contributed by atoms with Gasteiger partial charge in [-0.15, -0.1) is 0 Å². The van der Waals surface area contributed by atoms with Crippen LogP contribution < -0.4 is 0 Å². The maximum Gasteiger partial charge on any atom is 0.179 e. The third-order valence-electron chi connectivity index (χ3n) is 4.57. The Morgan fingerprint density at radius 2 is 1.85 bits per heavy atom. The number of benzene rings is 2. The largest absolute Gasteiger partial charge is 0.361 e. The number of ketones is 1. The number of carbonyl (C=O) groups is 1. The third kappa shape index (κ3) is 3.55. The van der Waals surface area contributed by atoms with Crippen LogP contribution in [-0.4, -0.2) is 34.4 Å². The number of hydrogen-bond donors (Lipinski definition) is 1. The predicted molar refractivity (Wildman–Crippen MR) is 106 cm³/mol. The summed E-state index contributed by atoms with van der Waals surface area (Å²) in [5, 5.41) is 4.96. The molecule has 0 radical (unpaired) electrons. The van der Waals surface area contributed by atoms with Gasteiger partial charge < -0.3 is 9.51 Å². The molecule has 2 aromatic carbocycles. The summed E-state index contributed by atoms with van der Waals surface area (Å²) in [5.41, 5.74) is 4.40. The molecular formula is C22H21N3O2. The molecule has 0 amide bonds. The molecule has 5 heteroatoms. The Balaban J connectivity index is 1.66. The monoisotopic (exact) mass is 359 g/mol. The van der Waals surface area contributed by atoms with Crippen LogP contribution in [0.25, 0.3) is 22.2 Å². The van der Waals surface area contributed by atoms with E-state index in [1.165, 1.54) is 0 Å². The van der Waals surface area contributed by atoms with E-state index in [9.17, 15) is 4.79 Å². The van der Waals surface area contributed by atoms with E-state index >= 15 is 0 Å². The second kappa shape index (κ2) is 7.21. The van der Waals surface area contributed by atoms with Gasteiger partial charge in [0.2, 0.25) is 0 Å². The van der Waals surface area contributed by atoms with Gasteiger partial charge in [-0.25, -0.2) is 0 Å². The molecule has 0 aliphatic heterocycles. The van der Waals surface area contributed by atoms with Crippen molar-refractivity contribution in [3.05, 3.63) is 77.7 Å². The molecule has 0 saturated carbocycles. The molecule has 27 heavy (non-hydrogen) atoms. The molecule has 1 N–H and O–H groups in total. The minimum absolute atomic E-state index is 0.0778. The molecule has 4 aromatic rings. The number of likely N-dealkylation sites (N-methyl/N-ethyl adjacent to an activating group) is 1. The van der Waals surface area contributed by atoms with Crippen LogP contribution in [0.3, 0.4) is 0 Å². The first kappa shape index (κ1) is 17.2. The molecule has 136 valence electrons. The van der Waals surface area contributed by atoms with Crippen molar-refractivity contribution in [1.29, 1.82) is 0 Å². The number of para-hydroxylation sites is 1. The molecule has 5 nitrogen and oxygen atoms in total. The molecule has 0 atom stereocenters. The minimum atomic E-state index is 0.0778. The third-order valence-corrected chi connectivity index (χ3v) is 4.57. The highest BCUT2D eigenvalue weighted by atomic mass is 16.5. The maximum absolute atomic E-state index is 13.2. The number of fused-ring (bicyclic) bond motifs is 1. The molecule has 0 spiro atoms. The molecule has 0 aliphatic rings. The van der Waals surface area contributed by atoms with Gasteiger partial charge in [0.1, 0.15) is 5.76 Å². The molecule has 0 saturated heterocycles. The molecular weight excluding hydrogens is 338 g/mol. The maximum atomic E-state index is 13.2. The second-order valence-electron chi connectivity index (χ2n) is 6.81. The number of carbonyl (C=O) groups excluding carboxylic acids is 1. The van der Waals surface area contributed by atoms with Crippen molar-refractivity contribution in [3.63, 3.8) is 0 Å². The fraction of sp³-hybridized carbons (Fsp3) is 0.182. The zero-order valence-electron chi connectivity index (χ0n) is 15.4. The number of rotatable bonds is 6. The molecule has 2 heterocycles. The van der Waals surface area contributed by atoms with Crippen LogP contribution in [0.4, 0.5) is 0 Å². The van der Waals surface area contributed by atoms with E-state index in [-0.39, 0.29) is 5.78 Å². The normalized spacial score (nSPS) is 11.4. The van der Waals surface area contributed by atoms with E-state index in [1.54, 1.807) is 0 Å². The lowest BCUT2D eigenvalue weighted by Gasteiger charge is -2.14. The summed E-state index contributed by atoms with van der Waals surface area (Å²) in [6.45, 7) is 2.72. The summed E-state index contributed by atoms with van der Waals surface area (Å²) in [6, 6.07) is 19.8. The quantitative estimate of drug-likeness (QED) is 0.517. The minimum Gasteiger partial charge on any atom is -0.361 e. The summed E-state index contributed by atoms with van der Waals surface area (Å²) in [6.07, 6.45) is 0. The number of aryl methyl sites for hydroxylation is 1. The van der Waals surface area contributed by atoms with Crippen LogP contribution in [0.15, 0.2) is 65.2 Å². The molecule has 0 aliphatic carbocycles. The van der Waals surface area contributed by atoms with Gasteiger partial charge in [0.25, 0.3) is 0 Å². The topological polar surface area (TPSA) is 62.1 Å². The molecule has 4 rings (SSSR count). The standard InChI is InChI=1S/C22H21N3O2/c1-15-12-17(24-27-15)13-25(2)14-20(26)21-18-10-6-7-11-19(18)23-22(21)16-8-4-3-5-9-16/h3-12,23H,13-14H2,1-2H3. The molecule has 0 unspecified atom stereocenters. The van der Waals surface area contributed by atoms with E-state index in [2.05, 4.69) is 10.1 Å². The molecule has 0 bridgehead atoms. The van der Waals surface area contributed by atoms with Crippen molar-refractivity contribution in [3.8, 4) is 11.3 Å². The lowest BCUT2D eigenvalue weighted by atomic mass is 10.0. The number of hydrogen-bond acceptors (Lipinski definition) is 4. The Labute approximate surface area is 157 Å². The zero-order chi connectivity index (χ0) is 18.8. The van der Waals surface area contributed by atoms with Gasteiger partial charge in [-0.05, 0) is 25.6 Å². The number of Topliss-reactive ketones (excluding diaryl/α,β-unsaturated/α-hetero) is 1. The smallest absolute Gasteiger partial charge is 0.179 e. The van der Waals surface area contributed by atoms with Crippen LogP contribution in [0.5, 0.6) is 0 Å². The van der Waals surface area contributed by atoms with E-state index in [4.69, 9.17) is 4.52 Å². The van der Waals surface area contributed by atoms with Crippen LogP contribution in [0, 0.1) is 6.92 Å². The molecule has 2 aromatic heterocycles. The first-order chi connectivity index (χ1) is 13.1. The van der Waals surface area contributed by atoms with Crippen LogP contribution in [0.2, 0.25) is 0 Å². The van der Waals surface area contributed by atoms with Gasteiger partial charge in [-0.2, -0.15) is 0 Å². The van der Waals surface area contributed by atoms with Gasteiger partial charge in [-0.1, -0.05) is 53.7 Å². The van der Waals surface area contributed by atoms with Crippen molar-refractivity contribution < 1.29 is 9.32 Å². The van der Waals surface area contributed by atoms with Crippen LogP contribution in [0.1, 0.15) is 21.8 Å². The fourth-order valence-corrected chi connectivity index (χ4v) is 3.40. The van der Waals surface area contributed by atoms with Gasteiger partial charge in [-0.3, -0.25) is 9.69 Å². The Hall–Kier alpha value is -3.18. The summed E-state index contributed by atoms with van der Waals surface area (Å²) in [7, 11) is 1.92. The van der Waals surface area contributed by atoms with Crippen molar-refractivity contribution in [2.45, 2.75) is 13.5 Å². The van der Waals surface area contributed by atoms with Crippen LogP contribution >= 0.6 is 0 Å². The summed E-state index contributed by atoms with van der Waals surface area (Å²) >= 11 is 0. The highest BCUT2D eigenvalue weighted by Gasteiger charge is 2.21. The summed E-state index contributed by atoms with van der Waals surface area (Å²) < 4.78 is 5.11. The van der Waals surface area contributed by atoms with Crippen molar-refractivity contribution >= 4 is 16.7 Å². The average molecular weight is 359 g/mol. The second-order valence-corrected chi connectivity index (χ2v) is 6.81. The number of nitrogens with zero attached hydrogens (tertiary/aromatic N) is 2. The van der Waals surface area contributed by atoms with E-state index in [0.717, 1.165) is 39.2 Å². The van der Waals surface area contributed by atoms with Gasteiger partial charge in [0, 0.05) is 23.5 Å². The fourth-order valence-electron chi connectivity index (χ4n) is 3.40. The lowest BCUT2D eigenvalue weighted by Crippen LogP contribution is -2.26. The lowest BCUT2D eigenvalue weighted by molar-refractivity contribution is 0.0944. The molecule has 0 fully saturated rings. The number of H-pyrrole nitrogens is 1. The number of nitrogens with one attached hydrogen (secondary N) is 1. The number of aromatic nitrogens is 2. The first-order valence-corrected chi connectivity index (χ1v) is 8.92. The highest BCUT2D eigenvalue weighted by molar-refractivity contribution is 6.14. The van der Waals surface area contributed by atoms with Crippen molar-refractivity contribution in [2.75, 3.05) is 13.6 Å². The van der Waals surface area contributed by atoms with E-state index in [0.29, 0.717) is 13.1 Å².